The summed E-state index contributed by atoms with van der Waals surface area (Å²) in [5.41, 5.74) is 1.29. The summed E-state index contributed by atoms with van der Waals surface area (Å²) >= 11 is 0. The average Bonchev–Trinajstić information content (AvgIpc) is 3.21. The van der Waals surface area contributed by atoms with E-state index in [-0.39, 0.29) is 36.0 Å². The van der Waals surface area contributed by atoms with Crippen LogP contribution in [0.2, 0.25) is 0 Å². The number of carbonyl (C=O) groups is 3. The Kier molecular flexibility index (Phi) is 5.66. The number of aliphatic imine (C=N–C) groups is 1. The first-order valence-electron chi connectivity index (χ1n) is 10.8. The quantitative estimate of drug-likeness (QED) is 0.763. The maximum Gasteiger partial charge on any atom is 0.287 e. The van der Waals surface area contributed by atoms with E-state index in [9.17, 15) is 14.4 Å². The van der Waals surface area contributed by atoms with Gasteiger partial charge in [0, 0.05) is 58.7 Å². The Labute approximate surface area is 176 Å². The van der Waals surface area contributed by atoms with Crippen molar-refractivity contribution in [1.29, 1.82) is 0 Å². The Bertz CT molecular complexity index is 864. The van der Waals surface area contributed by atoms with Crippen LogP contribution in [0.15, 0.2) is 15.5 Å². The van der Waals surface area contributed by atoms with E-state index in [1.807, 2.05) is 11.0 Å². The lowest BCUT2D eigenvalue weighted by Crippen LogP contribution is -2.40. The Morgan fingerprint density at radius 3 is 2.73 bits per heavy atom. The zero-order valence-electron chi connectivity index (χ0n) is 17.8. The molecule has 1 aromatic rings. The van der Waals surface area contributed by atoms with Crippen molar-refractivity contribution in [3.63, 3.8) is 0 Å². The third kappa shape index (κ3) is 4.27. The molecule has 2 aliphatic heterocycles. The molecule has 0 bridgehead atoms. The largest absolute Gasteiger partial charge is 0.450 e. The first-order valence-corrected chi connectivity index (χ1v) is 10.8. The van der Waals surface area contributed by atoms with Crippen LogP contribution < -0.4 is 5.32 Å². The summed E-state index contributed by atoms with van der Waals surface area (Å²) < 4.78 is 5.62. The Hall–Kier alpha value is -2.64. The van der Waals surface area contributed by atoms with Gasteiger partial charge in [0.15, 0.2) is 5.76 Å². The fraction of sp³-hybridized carbons (Fsp3) is 0.636. The van der Waals surface area contributed by atoms with E-state index in [1.54, 1.807) is 20.3 Å². The highest BCUT2D eigenvalue weighted by Crippen LogP contribution is 2.59. The number of fused-ring (bicyclic) bond motifs is 1. The first kappa shape index (κ1) is 20.6. The molecule has 0 radical (unpaired) electrons. The van der Waals surface area contributed by atoms with Gasteiger partial charge in [-0.25, -0.2) is 0 Å². The summed E-state index contributed by atoms with van der Waals surface area (Å²) in [4.78, 5) is 44.1. The predicted molar refractivity (Wildman–Crippen MR) is 111 cm³/mol. The summed E-state index contributed by atoms with van der Waals surface area (Å²) in [6.45, 7) is 2.86. The van der Waals surface area contributed by atoms with Crippen LogP contribution in [-0.4, -0.2) is 74.0 Å². The van der Waals surface area contributed by atoms with Crippen molar-refractivity contribution in [3.05, 3.63) is 23.2 Å². The van der Waals surface area contributed by atoms with Crippen molar-refractivity contribution in [2.45, 2.75) is 38.5 Å². The van der Waals surface area contributed by atoms with Gasteiger partial charge >= 0.3 is 0 Å². The van der Waals surface area contributed by atoms with Crippen molar-refractivity contribution in [2.75, 3.05) is 40.3 Å². The molecule has 1 aromatic heterocycles. The normalized spacial score (nSPS) is 21.3. The minimum absolute atomic E-state index is 0.0143. The fourth-order valence-electron chi connectivity index (χ4n) is 4.62. The van der Waals surface area contributed by atoms with Crippen LogP contribution in [0.5, 0.6) is 0 Å². The van der Waals surface area contributed by atoms with Crippen molar-refractivity contribution in [2.24, 2.45) is 16.3 Å². The fourth-order valence-corrected chi connectivity index (χ4v) is 4.62. The van der Waals surface area contributed by atoms with Crippen molar-refractivity contribution in [3.8, 4) is 0 Å². The van der Waals surface area contributed by atoms with Crippen LogP contribution in [0, 0.1) is 11.3 Å². The molecule has 2 fully saturated rings. The molecule has 30 heavy (non-hydrogen) atoms. The summed E-state index contributed by atoms with van der Waals surface area (Å²) in [7, 11) is 3.41. The highest BCUT2D eigenvalue weighted by atomic mass is 16.4. The molecule has 1 aliphatic carbocycles. The number of nitrogens with zero attached hydrogens (tertiary/aromatic N) is 3. The highest BCUT2D eigenvalue weighted by Gasteiger charge is 2.54. The van der Waals surface area contributed by atoms with E-state index in [0.717, 1.165) is 50.9 Å². The van der Waals surface area contributed by atoms with Crippen LogP contribution in [0.3, 0.4) is 0 Å². The van der Waals surface area contributed by atoms with E-state index in [1.165, 1.54) is 4.90 Å². The van der Waals surface area contributed by atoms with Gasteiger partial charge in [0.25, 0.3) is 5.91 Å². The maximum absolute atomic E-state index is 12.4. The second kappa shape index (κ2) is 8.24. The lowest BCUT2D eigenvalue weighted by molar-refractivity contribution is -0.137. The molecule has 3 aliphatic rings. The van der Waals surface area contributed by atoms with Crippen molar-refractivity contribution >= 4 is 23.9 Å². The number of amides is 3. The van der Waals surface area contributed by atoms with Gasteiger partial charge in [-0.2, -0.15) is 0 Å². The third-order valence-electron chi connectivity index (χ3n) is 6.82. The number of nitrogens with one attached hydrogen (secondary N) is 1. The number of carbonyl (C=O) groups excluding carboxylic acids is 3. The molecule has 4 rings (SSSR count). The number of piperidine rings is 1. The van der Waals surface area contributed by atoms with E-state index in [4.69, 9.17) is 4.42 Å². The van der Waals surface area contributed by atoms with Gasteiger partial charge in [-0.15, -0.1) is 0 Å². The molecule has 3 heterocycles. The standard InChI is InChI=1S/C22H30N4O4/c1-25(2)19(27)3-4-20(28)26-9-6-22(7-10-26)12-16(22)13-24-21(29)17-11-15-5-8-23-14-18(15)30-17/h11,14,16H,3-10,12-13H2,1-2H3,(H,24,29). The molecule has 8 heteroatoms. The molecule has 8 nitrogen and oxygen atoms in total. The van der Waals surface area contributed by atoms with E-state index in [0.29, 0.717) is 24.0 Å². The molecule has 1 atom stereocenters. The minimum Gasteiger partial charge on any atom is -0.450 e. The minimum atomic E-state index is -0.168. The van der Waals surface area contributed by atoms with E-state index >= 15 is 0 Å². The number of rotatable bonds is 6. The molecule has 0 aromatic carbocycles. The van der Waals surface area contributed by atoms with Crippen LogP contribution in [0.25, 0.3) is 0 Å². The highest BCUT2D eigenvalue weighted by molar-refractivity contribution is 5.93. The number of furan rings is 1. The van der Waals surface area contributed by atoms with Gasteiger partial charge in [0.05, 0.1) is 6.21 Å². The van der Waals surface area contributed by atoms with Crippen LogP contribution in [-0.2, 0) is 16.0 Å². The van der Waals surface area contributed by atoms with Gasteiger partial charge < -0.3 is 19.5 Å². The zero-order valence-corrected chi connectivity index (χ0v) is 17.8. The Morgan fingerprint density at radius 2 is 2.03 bits per heavy atom. The molecule has 1 unspecified atom stereocenters. The summed E-state index contributed by atoms with van der Waals surface area (Å²) in [6.07, 6.45) is 6.07. The number of hydrogen-bond donors (Lipinski definition) is 1. The SMILES string of the molecule is CN(C)C(=O)CCC(=O)N1CCC2(CC1)CC2CNC(=O)c1cc2c(o1)C=NCC2. The molecule has 3 amide bonds. The van der Waals surface area contributed by atoms with Gasteiger partial charge in [-0.1, -0.05) is 0 Å². The van der Waals surface area contributed by atoms with Crippen molar-refractivity contribution in [1.82, 2.24) is 15.1 Å². The summed E-state index contributed by atoms with van der Waals surface area (Å²) in [5, 5.41) is 3.02. The second-order valence-electron chi connectivity index (χ2n) is 8.93. The maximum atomic E-state index is 12.4. The molecule has 1 saturated carbocycles. The molecule has 162 valence electrons. The van der Waals surface area contributed by atoms with E-state index < -0.39 is 0 Å². The molecule has 1 spiro atoms. The third-order valence-corrected chi connectivity index (χ3v) is 6.82. The summed E-state index contributed by atoms with van der Waals surface area (Å²) in [6, 6.07) is 1.82. The van der Waals surface area contributed by atoms with Gasteiger partial charge in [0.2, 0.25) is 11.8 Å². The molecule has 1 saturated heterocycles. The number of hydrogen-bond acceptors (Lipinski definition) is 5. The Morgan fingerprint density at radius 1 is 1.27 bits per heavy atom. The lowest BCUT2D eigenvalue weighted by Gasteiger charge is -2.33. The van der Waals surface area contributed by atoms with Gasteiger partial charge in [0.1, 0.15) is 5.76 Å². The van der Waals surface area contributed by atoms with Crippen LogP contribution in [0.4, 0.5) is 0 Å². The smallest absolute Gasteiger partial charge is 0.287 e. The predicted octanol–water partition coefficient (Wildman–Crippen LogP) is 1.48. The first-order chi connectivity index (χ1) is 14.4. The molecule has 1 N–H and O–H groups in total. The lowest BCUT2D eigenvalue weighted by atomic mass is 9.90. The summed E-state index contributed by atoms with van der Waals surface area (Å²) in [5.74, 6) is 1.39. The average molecular weight is 415 g/mol. The second-order valence-corrected chi connectivity index (χ2v) is 8.93. The van der Waals surface area contributed by atoms with Gasteiger partial charge in [-0.3, -0.25) is 19.4 Å². The van der Waals surface area contributed by atoms with Crippen molar-refractivity contribution < 1.29 is 18.8 Å². The van der Waals surface area contributed by atoms with E-state index in [2.05, 4.69) is 10.3 Å². The number of likely N-dealkylation sites (tertiary alicyclic amines) is 1. The van der Waals surface area contributed by atoms with Crippen LogP contribution >= 0.6 is 0 Å². The molecular weight excluding hydrogens is 384 g/mol. The zero-order chi connectivity index (χ0) is 21.3. The van der Waals surface area contributed by atoms with Crippen LogP contribution in [0.1, 0.15) is 54.0 Å². The Balaban J connectivity index is 1.20. The monoisotopic (exact) mass is 414 g/mol. The molecular formula is C22H30N4O4. The van der Waals surface area contributed by atoms with Gasteiger partial charge in [-0.05, 0) is 43.1 Å². The topological polar surface area (TPSA) is 95.2 Å².